The minimum atomic E-state index is 0.135. The molecule has 1 atom stereocenters. The number of ether oxygens (including phenoxy) is 1. The van der Waals surface area contributed by atoms with Crippen LogP contribution in [0.15, 0.2) is 42.7 Å². The number of nitrogens with zero attached hydrogens (tertiary/aromatic N) is 3. The molecule has 1 N–H and O–H groups in total. The molecule has 2 fully saturated rings. The number of nitrogens with one attached hydrogen (secondary N) is 1. The van der Waals surface area contributed by atoms with E-state index in [2.05, 4.69) is 57.4 Å². The summed E-state index contributed by atoms with van der Waals surface area (Å²) in [4.78, 5) is 23.8. The Bertz CT molecular complexity index is 1010. The van der Waals surface area contributed by atoms with E-state index < -0.39 is 0 Å². The van der Waals surface area contributed by atoms with E-state index in [-0.39, 0.29) is 11.8 Å². The third-order valence-electron chi connectivity index (χ3n) is 7.94. The fourth-order valence-electron chi connectivity index (χ4n) is 5.18. The first kappa shape index (κ1) is 23.8. The molecule has 0 radical (unpaired) electrons. The number of anilines is 1. The van der Waals surface area contributed by atoms with Gasteiger partial charge in [-0.15, -0.1) is 0 Å². The second kappa shape index (κ2) is 11.2. The van der Waals surface area contributed by atoms with E-state index in [4.69, 9.17) is 4.74 Å². The molecule has 6 nitrogen and oxygen atoms in total. The summed E-state index contributed by atoms with van der Waals surface area (Å²) in [7, 11) is 0. The van der Waals surface area contributed by atoms with Crippen LogP contribution in [0.5, 0.6) is 5.75 Å². The van der Waals surface area contributed by atoms with Crippen molar-refractivity contribution < 1.29 is 9.53 Å². The Balaban J connectivity index is 1.05. The second-order valence-electron chi connectivity index (χ2n) is 10.3. The van der Waals surface area contributed by atoms with Gasteiger partial charge in [-0.25, -0.2) is 9.97 Å². The van der Waals surface area contributed by atoms with Crippen LogP contribution in [0.2, 0.25) is 0 Å². The minimum Gasteiger partial charge on any atom is -0.493 e. The van der Waals surface area contributed by atoms with Gasteiger partial charge >= 0.3 is 0 Å². The van der Waals surface area contributed by atoms with Crippen molar-refractivity contribution in [3.05, 3.63) is 53.9 Å². The number of carbonyl (C=O) groups excluding carboxylic acids is 1. The van der Waals surface area contributed by atoms with Gasteiger partial charge in [-0.1, -0.05) is 25.1 Å². The molecular weight excluding hydrogens is 436 g/mol. The van der Waals surface area contributed by atoms with Crippen LogP contribution in [-0.4, -0.2) is 41.6 Å². The molecular formula is C29H38N4O2. The Labute approximate surface area is 209 Å². The van der Waals surface area contributed by atoms with Crippen molar-refractivity contribution in [1.82, 2.24) is 15.3 Å². The SMILES string of the molecule is CCc1cnc(N2CCC(COc3ccc(C4=CCC(C(=O)NC5CCC5)CC4)cc3)CC2)nc1. The molecule has 1 saturated heterocycles. The highest BCUT2D eigenvalue weighted by atomic mass is 16.5. The van der Waals surface area contributed by atoms with Gasteiger partial charge in [0.25, 0.3) is 0 Å². The molecule has 2 aromatic rings. The van der Waals surface area contributed by atoms with Crippen molar-refractivity contribution in [1.29, 1.82) is 0 Å². The number of aromatic nitrogens is 2. The number of carbonyl (C=O) groups is 1. The van der Waals surface area contributed by atoms with E-state index in [1.165, 1.54) is 23.1 Å². The summed E-state index contributed by atoms with van der Waals surface area (Å²) >= 11 is 0. The standard InChI is InChI=1S/C29H38N4O2/c1-2-21-18-30-29(31-19-21)33-16-14-22(15-17-33)20-35-27-12-10-24(11-13-27)23-6-8-25(9-7-23)28(34)32-26-4-3-5-26/h6,10-13,18-19,22,25-26H,2-5,7-9,14-17,20H2,1H3,(H,32,34). The predicted octanol–water partition coefficient (Wildman–Crippen LogP) is 5.19. The van der Waals surface area contributed by atoms with Gasteiger partial charge in [-0.3, -0.25) is 4.79 Å². The molecule has 1 aromatic carbocycles. The highest BCUT2D eigenvalue weighted by molar-refractivity contribution is 5.81. The number of amides is 1. The first-order valence-electron chi connectivity index (χ1n) is 13.5. The molecule has 2 aliphatic carbocycles. The summed E-state index contributed by atoms with van der Waals surface area (Å²) in [5.74, 6) is 2.73. The maximum absolute atomic E-state index is 12.4. The average molecular weight is 475 g/mol. The number of allylic oxidation sites excluding steroid dienone is 2. The summed E-state index contributed by atoms with van der Waals surface area (Å²) in [6.45, 7) is 4.83. The zero-order valence-corrected chi connectivity index (χ0v) is 20.9. The zero-order chi connectivity index (χ0) is 24.0. The lowest BCUT2D eigenvalue weighted by molar-refractivity contribution is -0.126. The normalized spacial score (nSPS) is 21.2. The highest BCUT2D eigenvalue weighted by Crippen LogP contribution is 2.32. The average Bonchev–Trinajstić information content (AvgIpc) is 2.90. The summed E-state index contributed by atoms with van der Waals surface area (Å²) in [5.41, 5.74) is 3.78. The van der Waals surface area contributed by atoms with E-state index in [0.717, 1.165) is 82.8 Å². The van der Waals surface area contributed by atoms with Crippen LogP contribution in [0.25, 0.3) is 5.57 Å². The summed E-state index contributed by atoms with van der Waals surface area (Å²) < 4.78 is 6.14. The molecule has 35 heavy (non-hydrogen) atoms. The molecule has 1 saturated carbocycles. The Morgan fingerprint density at radius 2 is 1.80 bits per heavy atom. The van der Waals surface area contributed by atoms with Gasteiger partial charge in [0.05, 0.1) is 6.61 Å². The largest absolute Gasteiger partial charge is 0.493 e. The van der Waals surface area contributed by atoms with E-state index >= 15 is 0 Å². The van der Waals surface area contributed by atoms with Crippen LogP contribution in [-0.2, 0) is 11.2 Å². The Morgan fingerprint density at radius 3 is 2.40 bits per heavy atom. The van der Waals surface area contributed by atoms with E-state index in [1.54, 1.807) is 0 Å². The maximum Gasteiger partial charge on any atom is 0.225 e. The monoisotopic (exact) mass is 474 g/mol. The number of piperidine rings is 1. The first-order chi connectivity index (χ1) is 17.2. The molecule has 3 aliphatic rings. The van der Waals surface area contributed by atoms with Gasteiger partial charge < -0.3 is 15.0 Å². The van der Waals surface area contributed by atoms with E-state index in [9.17, 15) is 4.79 Å². The molecule has 1 unspecified atom stereocenters. The van der Waals surface area contributed by atoms with Crippen LogP contribution in [0.1, 0.15) is 69.4 Å². The van der Waals surface area contributed by atoms with Crippen molar-refractivity contribution in [3.63, 3.8) is 0 Å². The lowest BCUT2D eigenvalue weighted by Crippen LogP contribution is -2.42. The van der Waals surface area contributed by atoms with Gasteiger partial charge in [0, 0.05) is 37.4 Å². The van der Waals surface area contributed by atoms with Crippen molar-refractivity contribution in [2.45, 2.75) is 70.8 Å². The third-order valence-corrected chi connectivity index (χ3v) is 7.94. The minimum absolute atomic E-state index is 0.135. The summed E-state index contributed by atoms with van der Waals surface area (Å²) in [5, 5.41) is 3.21. The Morgan fingerprint density at radius 1 is 1.06 bits per heavy atom. The lowest BCUT2D eigenvalue weighted by Gasteiger charge is -2.31. The molecule has 0 spiro atoms. The fourth-order valence-corrected chi connectivity index (χ4v) is 5.18. The summed E-state index contributed by atoms with van der Waals surface area (Å²) in [6.07, 6.45) is 15.6. The first-order valence-corrected chi connectivity index (χ1v) is 13.5. The highest BCUT2D eigenvalue weighted by Gasteiger charge is 2.26. The van der Waals surface area contributed by atoms with Gasteiger partial charge in [0.2, 0.25) is 11.9 Å². The quantitative estimate of drug-likeness (QED) is 0.571. The van der Waals surface area contributed by atoms with Crippen LogP contribution in [0, 0.1) is 11.8 Å². The number of benzene rings is 1. The van der Waals surface area contributed by atoms with E-state index in [0.29, 0.717) is 12.0 Å². The number of aryl methyl sites for hydroxylation is 1. The molecule has 5 rings (SSSR count). The van der Waals surface area contributed by atoms with Crippen LogP contribution < -0.4 is 15.0 Å². The topological polar surface area (TPSA) is 67.4 Å². The molecule has 0 bridgehead atoms. The second-order valence-corrected chi connectivity index (χ2v) is 10.3. The molecule has 6 heteroatoms. The van der Waals surface area contributed by atoms with Crippen LogP contribution in [0.4, 0.5) is 5.95 Å². The van der Waals surface area contributed by atoms with Crippen molar-refractivity contribution in [2.24, 2.45) is 11.8 Å². The molecule has 2 heterocycles. The molecule has 1 aromatic heterocycles. The zero-order valence-electron chi connectivity index (χ0n) is 20.9. The predicted molar refractivity (Wildman–Crippen MR) is 139 cm³/mol. The number of hydrogen-bond donors (Lipinski definition) is 1. The molecule has 1 aliphatic heterocycles. The van der Waals surface area contributed by atoms with Crippen molar-refractivity contribution >= 4 is 17.4 Å². The maximum atomic E-state index is 12.4. The van der Waals surface area contributed by atoms with Crippen LogP contribution in [0.3, 0.4) is 0 Å². The van der Waals surface area contributed by atoms with Crippen molar-refractivity contribution in [3.8, 4) is 5.75 Å². The number of rotatable bonds is 8. The fraction of sp³-hybridized carbons (Fsp3) is 0.552. The van der Waals surface area contributed by atoms with Gasteiger partial charge in [0.15, 0.2) is 0 Å². The lowest BCUT2D eigenvalue weighted by atomic mass is 9.85. The van der Waals surface area contributed by atoms with Crippen LogP contribution >= 0.6 is 0 Å². The van der Waals surface area contributed by atoms with Gasteiger partial charge in [-0.2, -0.15) is 0 Å². The molecule has 1 amide bonds. The molecule has 186 valence electrons. The summed E-state index contributed by atoms with van der Waals surface area (Å²) in [6, 6.07) is 8.93. The Kier molecular flexibility index (Phi) is 7.65. The smallest absolute Gasteiger partial charge is 0.225 e. The van der Waals surface area contributed by atoms with E-state index in [1.807, 2.05) is 12.4 Å². The van der Waals surface area contributed by atoms with Gasteiger partial charge in [-0.05, 0) is 92.5 Å². The van der Waals surface area contributed by atoms with Crippen molar-refractivity contribution in [2.75, 3.05) is 24.6 Å². The Hall–Kier alpha value is -2.89. The number of hydrogen-bond acceptors (Lipinski definition) is 5. The third kappa shape index (κ3) is 6.03. The van der Waals surface area contributed by atoms with Gasteiger partial charge in [0.1, 0.15) is 5.75 Å².